The summed E-state index contributed by atoms with van der Waals surface area (Å²) >= 11 is 0. The van der Waals surface area contributed by atoms with Crippen LogP contribution < -0.4 is 0 Å². The molecule has 1 rings (SSSR count). The molecule has 35 heavy (non-hydrogen) atoms. The first-order valence-corrected chi connectivity index (χ1v) is 11.9. The van der Waals surface area contributed by atoms with Gasteiger partial charge < -0.3 is 15.3 Å². The molecule has 0 aliphatic rings. The van der Waals surface area contributed by atoms with Crippen molar-refractivity contribution in [1.82, 2.24) is 0 Å². The van der Waals surface area contributed by atoms with Crippen LogP contribution >= 0.6 is 0 Å². The molecule has 0 radical (unpaired) electrons. The second-order valence-corrected chi connectivity index (χ2v) is 7.56. The number of rotatable bonds is 11. The third kappa shape index (κ3) is 26.7. The van der Waals surface area contributed by atoms with Gasteiger partial charge in [-0.15, -0.1) is 0 Å². The molecule has 0 aromatic heterocycles. The van der Waals surface area contributed by atoms with Gasteiger partial charge in [0.2, 0.25) is 0 Å². The Morgan fingerprint density at radius 1 is 0.800 bits per heavy atom. The zero-order chi connectivity index (χ0) is 27.6. The smallest absolute Gasteiger partial charge is 0.330 e. The minimum atomic E-state index is -0.872. The summed E-state index contributed by atoms with van der Waals surface area (Å²) in [5.41, 5.74) is 2.37. The molecule has 1 aromatic carbocycles. The monoisotopic (exact) mass is 488 g/mol. The van der Waals surface area contributed by atoms with Crippen molar-refractivity contribution in [2.24, 2.45) is 0 Å². The number of aliphatic carboxylic acids is 3. The topological polar surface area (TPSA) is 112 Å². The first-order valence-electron chi connectivity index (χ1n) is 11.9. The molecule has 6 heteroatoms. The highest BCUT2D eigenvalue weighted by molar-refractivity contribution is 5.86. The van der Waals surface area contributed by atoms with Gasteiger partial charge in [0, 0.05) is 16.7 Å². The fraction of sp³-hybridized carbons (Fsp3) is 0.414. The molecule has 0 unspecified atom stereocenters. The van der Waals surface area contributed by atoms with Gasteiger partial charge in [0.15, 0.2) is 0 Å². The van der Waals surface area contributed by atoms with Gasteiger partial charge in [0.05, 0.1) is 0 Å². The molecule has 0 spiro atoms. The number of hydrogen-bond acceptors (Lipinski definition) is 3. The van der Waals surface area contributed by atoms with Gasteiger partial charge in [0.1, 0.15) is 0 Å². The van der Waals surface area contributed by atoms with Crippen molar-refractivity contribution < 1.29 is 29.7 Å². The first kappa shape index (κ1) is 36.2. The zero-order valence-corrected chi connectivity index (χ0v) is 22.0. The summed E-state index contributed by atoms with van der Waals surface area (Å²) in [7, 11) is 0. The predicted octanol–water partition coefficient (Wildman–Crippen LogP) is 7.78. The molecule has 196 valence electrons. The van der Waals surface area contributed by atoms with Crippen molar-refractivity contribution in [3.8, 4) is 0 Å². The van der Waals surface area contributed by atoms with E-state index in [9.17, 15) is 14.4 Å². The summed E-state index contributed by atoms with van der Waals surface area (Å²) in [6.45, 7) is 16.3. The van der Waals surface area contributed by atoms with Gasteiger partial charge in [-0.3, -0.25) is 0 Å². The largest absolute Gasteiger partial charge is 0.478 e. The number of carboxylic acid groups (broad SMARTS) is 3. The quantitative estimate of drug-likeness (QED) is 0.216. The van der Waals surface area contributed by atoms with Crippen LogP contribution in [0.4, 0.5) is 0 Å². The molecule has 0 aliphatic heterocycles. The van der Waals surface area contributed by atoms with Crippen LogP contribution in [0.5, 0.6) is 0 Å². The van der Waals surface area contributed by atoms with Crippen molar-refractivity contribution in [2.45, 2.75) is 79.6 Å². The number of allylic oxidation sites excluding steroid dienone is 2. The number of hydrogen-bond donors (Lipinski definition) is 3. The van der Waals surface area contributed by atoms with E-state index in [2.05, 4.69) is 20.1 Å². The number of carboxylic acids is 3. The first-order chi connectivity index (χ1) is 16.5. The van der Waals surface area contributed by atoms with E-state index in [0.717, 1.165) is 38.5 Å². The van der Waals surface area contributed by atoms with Crippen LogP contribution in [0.1, 0.15) is 85.1 Å². The highest BCUT2D eigenvalue weighted by Gasteiger charge is 2.00. The van der Waals surface area contributed by atoms with Crippen LogP contribution in [-0.2, 0) is 14.4 Å². The summed E-state index contributed by atoms with van der Waals surface area (Å²) in [5, 5.41) is 25.0. The maximum atomic E-state index is 10.2. The molecule has 3 N–H and O–H groups in total. The third-order valence-corrected chi connectivity index (χ3v) is 4.36. The molecule has 1 aromatic rings. The van der Waals surface area contributed by atoms with E-state index in [-0.39, 0.29) is 0 Å². The Morgan fingerprint density at radius 2 is 1.29 bits per heavy atom. The highest BCUT2D eigenvalue weighted by Crippen LogP contribution is 2.03. The summed E-state index contributed by atoms with van der Waals surface area (Å²) < 4.78 is 0. The number of unbranched alkanes of at least 4 members (excludes halogenated alkanes) is 3. The predicted molar refractivity (Wildman–Crippen MR) is 145 cm³/mol. The van der Waals surface area contributed by atoms with Gasteiger partial charge in [-0.05, 0) is 45.1 Å². The zero-order valence-electron chi connectivity index (χ0n) is 22.0. The van der Waals surface area contributed by atoms with Crippen LogP contribution in [-0.4, -0.2) is 33.2 Å². The van der Waals surface area contributed by atoms with Crippen LogP contribution in [0.15, 0.2) is 72.4 Å². The lowest BCUT2D eigenvalue weighted by molar-refractivity contribution is -0.133. The fourth-order valence-electron chi connectivity index (χ4n) is 2.09. The molecule has 0 saturated heterocycles. The second kappa shape index (κ2) is 25.2. The van der Waals surface area contributed by atoms with Crippen molar-refractivity contribution in [3.63, 3.8) is 0 Å². The lowest BCUT2D eigenvalue weighted by atomic mass is 10.1. The van der Waals surface area contributed by atoms with E-state index in [0.29, 0.717) is 23.1 Å². The summed E-state index contributed by atoms with van der Waals surface area (Å²) in [6, 6.07) is 10.0. The molecule has 0 fully saturated rings. The second-order valence-electron chi connectivity index (χ2n) is 7.56. The van der Waals surface area contributed by atoms with Gasteiger partial charge >= 0.3 is 17.9 Å². The van der Waals surface area contributed by atoms with E-state index in [4.69, 9.17) is 15.3 Å². The average molecular weight is 489 g/mol. The molecule has 0 heterocycles. The summed E-state index contributed by atoms with van der Waals surface area (Å²) in [5.74, 6) is -2.51. The van der Waals surface area contributed by atoms with E-state index in [1.54, 1.807) is 26.0 Å². The van der Waals surface area contributed by atoms with Crippen molar-refractivity contribution >= 4 is 24.0 Å². The van der Waals surface area contributed by atoms with Crippen molar-refractivity contribution in [3.05, 3.63) is 77.9 Å². The van der Waals surface area contributed by atoms with Crippen molar-refractivity contribution in [1.29, 1.82) is 0 Å². The Morgan fingerprint density at radius 3 is 1.60 bits per heavy atom. The maximum absolute atomic E-state index is 10.2. The Bertz CT molecular complexity index is 804. The van der Waals surface area contributed by atoms with E-state index in [1.165, 1.54) is 5.56 Å². The highest BCUT2D eigenvalue weighted by atomic mass is 16.4. The molecule has 0 aliphatic carbocycles. The average Bonchev–Trinajstić information content (AvgIpc) is 2.84. The Hall–Kier alpha value is -3.41. The van der Waals surface area contributed by atoms with Crippen LogP contribution in [0, 0.1) is 0 Å². The minimum absolute atomic E-state index is 0.317. The maximum Gasteiger partial charge on any atom is 0.330 e. The van der Waals surface area contributed by atoms with Gasteiger partial charge in [-0.1, -0.05) is 102 Å². The van der Waals surface area contributed by atoms with Gasteiger partial charge in [0.25, 0.3) is 0 Å². The standard InChI is InChI=1S/C8H14O2.C8H8.C7H12O2.C6H10O2/c1-3-4-5-6-7(2)8(9)10;1-2-8-6-4-3-5-7-8;1-3-4-5-6(2)7(8)9;1-3-4-5(2)6(7)8/h6H,3-5H2,1-2H3,(H,9,10);2-7H,1H2;2-5H2,1H3,(H,8,9);4H,3H2,1-2H3,(H,7,8)/b7-6+;;;5-4+. The molecule has 0 saturated carbocycles. The Labute approximate surface area is 211 Å². The van der Waals surface area contributed by atoms with Crippen LogP contribution in [0.25, 0.3) is 6.08 Å². The van der Waals surface area contributed by atoms with E-state index < -0.39 is 17.9 Å². The molecule has 0 amide bonds. The lowest BCUT2D eigenvalue weighted by Gasteiger charge is -1.95. The van der Waals surface area contributed by atoms with Gasteiger partial charge in [-0.25, -0.2) is 14.4 Å². The van der Waals surface area contributed by atoms with Gasteiger partial charge in [-0.2, -0.15) is 0 Å². The summed E-state index contributed by atoms with van der Waals surface area (Å²) in [4.78, 5) is 30.4. The molecular weight excluding hydrogens is 444 g/mol. The Balaban J connectivity index is -0.000000391. The van der Waals surface area contributed by atoms with Crippen LogP contribution in [0.2, 0.25) is 0 Å². The lowest BCUT2D eigenvalue weighted by Crippen LogP contribution is -1.97. The SMILES string of the molecule is C=C(CCCC)C(=O)O.C=Cc1ccccc1.CC/C=C(\C)C(=O)O.CCCC/C=C(\C)C(=O)O. The molecule has 0 atom stereocenters. The minimum Gasteiger partial charge on any atom is -0.478 e. The van der Waals surface area contributed by atoms with Crippen LogP contribution in [0.3, 0.4) is 0 Å². The number of carbonyl (C=O) groups is 3. The van der Waals surface area contributed by atoms with E-state index in [1.807, 2.05) is 50.3 Å². The normalized spacial score (nSPS) is 10.2. The Kier molecular flexibility index (Phi) is 26.1. The third-order valence-electron chi connectivity index (χ3n) is 4.36. The molecule has 6 nitrogen and oxygen atoms in total. The number of benzene rings is 1. The summed E-state index contributed by atoms with van der Waals surface area (Å²) in [6.07, 6.45) is 11.7. The van der Waals surface area contributed by atoms with E-state index >= 15 is 0 Å². The molecule has 0 bridgehead atoms. The van der Waals surface area contributed by atoms with Crippen molar-refractivity contribution in [2.75, 3.05) is 0 Å². The molecular formula is C29H44O6. The fourth-order valence-corrected chi connectivity index (χ4v) is 2.09.